The highest BCUT2D eigenvalue weighted by atomic mass is 28.4. The maximum atomic E-state index is 5.88. The quantitative estimate of drug-likeness (QED) is 0.379. The number of nitrogens with zero attached hydrogens (tertiary/aromatic N) is 1. The maximum absolute atomic E-state index is 5.88. The molecule has 0 N–H and O–H groups in total. The molecule has 2 aliphatic rings. The van der Waals surface area contributed by atoms with Gasteiger partial charge in [-0.1, -0.05) is 0 Å². The van der Waals surface area contributed by atoms with E-state index >= 15 is 0 Å². The first-order valence-electron chi connectivity index (χ1n) is 8.62. The van der Waals surface area contributed by atoms with Crippen molar-refractivity contribution in [3.8, 4) is 0 Å². The fourth-order valence-corrected chi connectivity index (χ4v) is 5.54. The highest BCUT2D eigenvalue weighted by Gasteiger charge is 2.55. The van der Waals surface area contributed by atoms with Gasteiger partial charge in [-0.05, 0) is 40.7 Å². The summed E-state index contributed by atoms with van der Waals surface area (Å²) in [5.74, 6) is 0. The summed E-state index contributed by atoms with van der Waals surface area (Å²) >= 11 is 0. The molecule has 130 valence electrons. The van der Waals surface area contributed by atoms with E-state index in [0.717, 1.165) is 32.2 Å². The Kier molecular flexibility index (Phi) is 7.26. The molecule has 2 saturated heterocycles. The van der Waals surface area contributed by atoms with Crippen LogP contribution >= 0.6 is 0 Å². The fourth-order valence-electron chi connectivity index (χ4n) is 2.94. The van der Waals surface area contributed by atoms with Crippen molar-refractivity contribution in [2.75, 3.05) is 39.5 Å². The van der Waals surface area contributed by atoms with E-state index in [1.807, 2.05) is 27.7 Å². The standard InChI is InChI=1S/C15H31NO5Si/c1-5-17-15-14(21-15)13-12-16(13)10-9-11-22(18-6-2,19-7-3)20-8-4/h13-15H,5-12H2,1-4H3. The monoisotopic (exact) mass is 333 g/mol. The minimum Gasteiger partial charge on any atom is -0.374 e. The SMILES string of the molecule is CCOC1OC1C1CN1CCC[Si](OCC)(OCC)OCC. The summed E-state index contributed by atoms with van der Waals surface area (Å²) in [5, 5.41) is 0. The predicted molar refractivity (Wildman–Crippen MR) is 85.7 cm³/mol. The third kappa shape index (κ3) is 4.99. The molecule has 22 heavy (non-hydrogen) atoms. The van der Waals surface area contributed by atoms with Gasteiger partial charge in [-0.25, -0.2) is 0 Å². The van der Waals surface area contributed by atoms with Crippen LogP contribution in [-0.2, 0) is 22.8 Å². The van der Waals surface area contributed by atoms with E-state index in [-0.39, 0.29) is 12.4 Å². The van der Waals surface area contributed by atoms with E-state index in [4.69, 9.17) is 22.8 Å². The lowest BCUT2D eigenvalue weighted by Gasteiger charge is -2.28. The summed E-state index contributed by atoms with van der Waals surface area (Å²) < 4.78 is 28.7. The fraction of sp³-hybridized carbons (Fsp3) is 1.00. The summed E-state index contributed by atoms with van der Waals surface area (Å²) in [4.78, 5) is 2.44. The van der Waals surface area contributed by atoms with Crippen LogP contribution in [0.5, 0.6) is 0 Å². The maximum Gasteiger partial charge on any atom is 0.500 e. The van der Waals surface area contributed by atoms with Crippen molar-refractivity contribution in [1.29, 1.82) is 0 Å². The van der Waals surface area contributed by atoms with E-state index in [1.165, 1.54) is 0 Å². The number of ether oxygens (including phenoxy) is 2. The molecule has 0 bridgehead atoms. The summed E-state index contributed by atoms with van der Waals surface area (Å²) in [6.45, 7) is 12.8. The van der Waals surface area contributed by atoms with E-state index in [1.54, 1.807) is 0 Å². The van der Waals surface area contributed by atoms with Crippen molar-refractivity contribution in [2.45, 2.75) is 58.6 Å². The van der Waals surface area contributed by atoms with Gasteiger partial charge in [-0.3, -0.25) is 4.90 Å². The first-order valence-corrected chi connectivity index (χ1v) is 10.6. The van der Waals surface area contributed by atoms with Gasteiger partial charge in [0, 0.05) is 39.0 Å². The highest BCUT2D eigenvalue weighted by molar-refractivity contribution is 6.60. The Labute approximate surface area is 135 Å². The van der Waals surface area contributed by atoms with E-state index in [0.29, 0.717) is 25.9 Å². The van der Waals surface area contributed by atoms with Crippen LogP contribution in [0.3, 0.4) is 0 Å². The van der Waals surface area contributed by atoms with E-state index < -0.39 is 8.80 Å². The largest absolute Gasteiger partial charge is 0.500 e. The van der Waals surface area contributed by atoms with Gasteiger partial charge in [0.2, 0.25) is 0 Å². The van der Waals surface area contributed by atoms with Crippen LogP contribution in [-0.4, -0.2) is 71.7 Å². The van der Waals surface area contributed by atoms with Gasteiger partial charge >= 0.3 is 8.80 Å². The van der Waals surface area contributed by atoms with E-state index in [2.05, 4.69) is 4.90 Å². The molecule has 2 fully saturated rings. The Bertz CT molecular complexity index is 316. The predicted octanol–water partition coefficient (Wildman–Crippen LogP) is 1.87. The molecule has 7 heteroatoms. The topological polar surface area (TPSA) is 52.5 Å². The third-order valence-electron chi connectivity index (χ3n) is 3.97. The average molecular weight is 334 g/mol. The van der Waals surface area contributed by atoms with Gasteiger partial charge in [0.1, 0.15) is 6.10 Å². The normalized spacial score (nSPS) is 30.5. The summed E-state index contributed by atoms with van der Waals surface area (Å²) in [7, 11) is -2.48. The highest BCUT2D eigenvalue weighted by Crippen LogP contribution is 2.37. The number of rotatable bonds is 13. The lowest BCUT2D eigenvalue weighted by atomic mass is 10.3. The number of hydrogen-bond acceptors (Lipinski definition) is 6. The minimum absolute atomic E-state index is 0.0312. The molecular weight excluding hydrogens is 302 g/mol. The summed E-state index contributed by atoms with van der Waals surface area (Å²) in [6, 6.07) is 1.42. The molecule has 0 amide bonds. The smallest absolute Gasteiger partial charge is 0.374 e. The zero-order valence-electron chi connectivity index (χ0n) is 14.4. The summed E-state index contributed by atoms with van der Waals surface area (Å²) in [5.41, 5.74) is 0. The Morgan fingerprint density at radius 3 is 2.18 bits per heavy atom. The van der Waals surface area contributed by atoms with Crippen LogP contribution in [0, 0.1) is 0 Å². The minimum atomic E-state index is -2.48. The van der Waals surface area contributed by atoms with Crippen molar-refractivity contribution in [2.24, 2.45) is 0 Å². The zero-order chi connectivity index (χ0) is 16.0. The molecule has 0 radical (unpaired) electrons. The Morgan fingerprint density at radius 1 is 1.00 bits per heavy atom. The lowest BCUT2D eigenvalue weighted by molar-refractivity contribution is 0.0592. The van der Waals surface area contributed by atoms with Crippen LogP contribution in [0.1, 0.15) is 34.1 Å². The molecule has 0 aromatic carbocycles. The van der Waals surface area contributed by atoms with Crippen LogP contribution in [0.15, 0.2) is 0 Å². The number of hydrogen-bond donors (Lipinski definition) is 0. The third-order valence-corrected chi connectivity index (χ3v) is 7.12. The van der Waals surface area contributed by atoms with E-state index in [9.17, 15) is 0 Å². The number of epoxide rings is 1. The van der Waals surface area contributed by atoms with Crippen LogP contribution < -0.4 is 0 Å². The van der Waals surface area contributed by atoms with Crippen molar-refractivity contribution in [1.82, 2.24) is 4.90 Å². The molecule has 0 spiro atoms. The molecule has 6 nitrogen and oxygen atoms in total. The molecule has 0 aliphatic carbocycles. The lowest BCUT2D eigenvalue weighted by Crippen LogP contribution is -2.46. The molecule has 2 rings (SSSR count). The van der Waals surface area contributed by atoms with Gasteiger partial charge in [0.25, 0.3) is 0 Å². The summed E-state index contributed by atoms with van der Waals surface area (Å²) in [6.07, 6.45) is 1.35. The second kappa shape index (κ2) is 8.72. The van der Waals surface area contributed by atoms with Crippen molar-refractivity contribution >= 4 is 8.80 Å². The molecular formula is C15H31NO5Si. The van der Waals surface area contributed by atoms with Crippen molar-refractivity contribution in [3.05, 3.63) is 0 Å². The van der Waals surface area contributed by atoms with Crippen molar-refractivity contribution < 1.29 is 22.8 Å². The molecule has 4 atom stereocenters. The Hall–Kier alpha value is -0.0231. The van der Waals surface area contributed by atoms with Crippen LogP contribution in [0.4, 0.5) is 0 Å². The van der Waals surface area contributed by atoms with Gasteiger partial charge in [-0.15, -0.1) is 0 Å². The van der Waals surface area contributed by atoms with Gasteiger partial charge in [0.05, 0.1) is 6.04 Å². The van der Waals surface area contributed by atoms with Gasteiger partial charge in [-0.2, -0.15) is 0 Å². The van der Waals surface area contributed by atoms with Gasteiger partial charge in [0.15, 0.2) is 6.29 Å². The first kappa shape index (κ1) is 18.3. The molecule has 2 aliphatic heterocycles. The van der Waals surface area contributed by atoms with Gasteiger partial charge < -0.3 is 22.8 Å². The average Bonchev–Trinajstić information content (AvgIpc) is 3.36. The molecule has 2 heterocycles. The van der Waals surface area contributed by atoms with Crippen LogP contribution in [0.25, 0.3) is 0 Å². The molecule has 0 saturated carbocycles. The molecule has 0 aromatic heterocycles. The second-order valence-electron chi connectivity index (χ2n) is 5.57. The first-order chi connectivity index (χ1) is 10.7. The molecule has 4 unspecified atom stereocenters. The second-order valence-corrected chi connectivity index (χ2v) is 8.30. The molecule has 0 aromatic rings. The zero-order valence-corrected chi connectivity index (χ0v) is 15.4. The van der Waals surface area contributed by atoms with Crippen LogP contribution in [0.2, 0.25) is 6.04 Å². The Balaban J connectivity index is 1.68. The Morgan fingerprint density at radius 2 is 1.64 bits per heavy atom. The van der Waals surface area contributed by atoms with Crippen molar-refractivity contribution in [3.63, 3.8) is 0 Å².